The molecule has 9 heteroatoms. The molecule has 1 aromatic rings. The number of thioether (sulfide) groups is 1. The average molecular weight is 381 g/mol. The molecule has 0 aromatic heterocycles. The van der Waals surface area contributed by atoms with Crippen molar-refractivity contribution in [1.82, 2.24) is 0 Å². The highest BCUT2D eigenvalue weighted by molar-refractivity contribution is 8.00. The molecule has 8 nitrogen and oxygen atoms in total. The van der Waals surface area contributed by atoms with Crippen molar-refractivity contribution >= 4 is 41.2 Å². The summed E-state index contributed by atoms with van der Waals surface area (Å²) in [6.07, 6.45) is 0.0534. The van der Waals surface area contributed by atoms with E-state index >= 15 is 0 Å². The zero-order chi connectivity index (χ0) is 19.3. The zero-order valence-electron chi connectivity index (χ0n) is 14.6. The van der Waals surface area contributed by atoms with Crippen molar-refractivity contribution in [3.8, 4) is 0 Å². The molecule has 140 valence electrons. The Morgan fingerprint density at radius 1 is 1.31 bits per heavy atom. The van der Waals surface area contributed by atoms with Crippen LogP contribution in [0.15, 0.2) is 24.3 Å². The number of carbonyl (C=O) groups is 4. The molecule has 1 heterocycles. The molecule has 2 amide bonds. The average Bonchev–Trinajstić information content (AvgIpc) is 2.92. The van der Waals surface area contributed by atoms with Crippen LogP contribution in [0.2, 0.25) is 0 Å². The van der Waals surface area contributed by atoms with Gasteiger partial charge in [-0.2, -0.15) is 0 Å². The molecular formula is C17H21N2O6S+. The molecule has 1 aliphatic heterocycles. The first kappa shape index (κ1) is 19.9. The van der Waals surface area contributed by atoms with E-state index in [2.05, 4.69) is 10.5 Å². The van der Waals surface area contributed by atoms with E-state index in [1.165, 1.54) is 43.1 Å². The highest BCUT2D eigenvalue weighted by Crippen LogP contribution is 2.30. The van der Waals surface area contributed by atoms with Gasteiger partial charge in [0.25, 0.3) is 0 Å². The van der Waals surface area contributed by atoms with Gasteiger partial charge in [0.05, 0.1) is 36.0 Å². The molecule has 3 N–H and O–H groups in total. The number of quaternary nitrogens is 1. The normalized spacial score (nSPS) is 18.0. The topological polar surface area (TPSA) is 118 Å². The van der Waals surface area contributed by atoms with Gasteiger partial charge in [-0.3, -0.25) is 9.59 Å². The standard InChI is InChI=1S/C17H20N2O6S/c1-3-25-17(23)12(18)9-26-13-8-14(20)19(15(13)21)11-6-4-10(5-7-11)16(22)24-2/h4-7,12-13H,3,8-9,18H2,1-2H3/p+1/t12-,13+/m1/s1. The molecule has 0 bridgehead atoms. The fourth-order valence-electron chi connectivity index (χ4n) is 2.43. The Balaban J connectivity index is 2.02. The van der Waals surface area contributed by atoms with Crippen molar-refractivity contribution in [2.24, 2.45) is 0 Å². The van der Waals surface area contributed by atoms with Gasteiger partial charge in [0.2, 0.25) is 11.8 Å². The first-order valence-corrected chi connectivity index (χ1v) is 9.10. The number of methoxy groups -OCH3 is 1. The lowest BCUT2D eigenvalue weighted by Crippen LogP contribution is -2.66. The number of nitrogens with zero attached hydrogens (tertiary/aromatic N) is 1. The summed E-state index contributed by atoms with van der Waals surface area (Å²) >= 11 is 1.22. The lowest BCUT2D eigenvalue weighted by Gasteiger charge is -2.15. The Morgan fingerprint density at radius 3 is 2.54 bits per heavy atom. The molecule has 0 saturated carbocycles. The number of imide groups is 1. The maximum Gasteiger partial charge on any atom is 0.365 e. The summed E-state index contributed by atoms with van der Waals surface area (Å²) in [4.78, 5) is 49.0. The molecule has 26 heavy (non-hydrogen) atoms. The molecule has 1 aliphatic rings. The molecular weight excluding hydrogens is 360 g/mol. The minimum Gasteiger partial charge on any atom is -0.465 e. The number of ether oxygens (including phenoxy) is 2. The van der Waals surface area contributed by atoms with Crippen molar-refractivity contribution in [2.45, 2.75) is 24.6 Å². The summed E-state index contributed by atoms with van der Waals surface area (Å²) in [5.41, 5.74) is 4.45. The van der Waals surface area contributed by atoms with Gasteiger partial charge in [-0.15, -0.1) is 11.8 Å². The summed E-state index contributed by atoms with van der Waals surface area (Å²) < 4.78 is 9.50. The Hall–Kier alpha value is -2.39. The van der Waals surface area contributed by atoms with Crippen LogP contribution in [0.3, 0.4) is 0 Å². The van der Waals surface area contributed by atoms with Crippen molar-refractivity contribution in [2.75, 3.05) is 24.4 Å². The number of hydrogen-bond donors (Lipinski definition) is 1. The van der Waals surface area contributed by atoms with Gasteiger partial charge in [-0.25, -0.2) is 14.5 Å². The Morgan fingerprint density at radius 2 is 1.96 bits per heavy atom. The number of rotatable bonds is 7. The monoisotopic (exact) mass is 381 g/mol. The van der Waals surface area contributed by atoms with Crippen LogP contribution >= 0.6 is 11.8 Å². The quantitative estimate of drug-likeness (QED) is 0.522. The fourth-order valence-corrected chi connectivity index (χ4v) is 3.54. The molecule has 0 unspecified atom stereocenters. The molecule has 0 radical (unpaired) electrons. The minimum atomic E-state index is -0.601. The van der Waals surface area contributed by atoms with Gasteiger partial charge in [0.1, 0.15) is 0 Å². The van der Waals surface area contributed by atoms with Crippen molar-refractivity contribution in [3.63, 3.8) is 0 Å². The van der Waals surface area contributed by atoms with Crippen LogP contribution in [0.25, 0.3) is 0 Å². The van der Waals surface area contributed by atoms with Crippen LogP contribution in [-0.2, 0) is 23.9 Å². The van der Waals surface area contributed by atoms with E-state index in [-0.39, 0.29) is 30.6 Å². The van der Waals surface area contributed by atoms with E-state index in [0.29, 0.717) is 11.3 Å². The van der Waals surface area contributed by atoms with Crippen LogP contribution in [0.4, 0.5) is 5.69 Å². The minimum absolute atomic E-state index is 0.0534. The lowest BCUT2D eigenvalue weighted by atomic mass is 10.2. The highest BCUT2D eigenvalue weighted by Gasteiger charge is 2.40. The number of hydrogen-bond acceptors (Lipinski definition) is 7. The van der Waals surface area contributed by atoms with Gasteiger partial charge < -0.3 is 15.2 Å². The first-order valence-electron chi connectivity index (χ1n) is 8.05. The van der Waals surface area contributed by atoms with E-state index < -0.39 is 23.2 Å². The second-order valence-electron chi connectivity index (χ2n) is 5.58. The molecule has 2 rings (SSSR count). The van der Waals surface area contributed by atoms with Gasteiger partial charge >= 0.3 is 11.9 Å². The Bertz CT molecular complexity index is 706. The zero-order valence-corrected chi connectivity index (χ0v) is 15.4. The van der Waals surface area contributed by atoms with E-state index in [9.17, 15) is 19.2 Å². The molecule has 0 spiro atoms. The molecule has 1 aromatic carbocycles. The predicted octanol–water partition coefficient (Wildman–Crippen LogP) is 0.0119. The van der Waals surface area contributed by atoms with Gasteiger partial charge in [-0.05, 0) is 31.2 Å². The van der Waals surface area contributed by atoms with E-state index in [1.807, 2.05) is 0 Å². The van der Waals surface area contributed by atoms with E-state index in [0.717, 1.165) is 4.90 Å². The molecule has 0 aliphatic carbocycles. The summed E-state index contributed by atoms with van der Waals surface area (Å²) in [6, 6.07) is 5.44. The highest BCUT2D eigenvalue weighted by atomic mass is 32.2. The number of benzene rings is 1. The van der Waals surface area contributed by atoms with Gasteiger partial charge in [0, 0.05) is 6.42 Å². The Labute approximate surface area is 155 Å². The maximum atomic E-state index is 12.6. The second-order valence-corrected chi connectivity index (χ2v) is 6.82. The van der Waals surface area contributed by atoms with Crippen LogP contribution in [-0.4, -0.2) is 54.5 Å². The van der Waals surface area contributed by atoms with Crippen LogP contribution < -0.4 is 10.6 Å². The van der Waals surface area contributed by atoms with Crippen LogP contribution in [0.5, 0.6) is 0 Å². The number of anilines is 1. The fraction of sp³-hybridized carbons (Fsp3) is 0.412. The lowest BCUT2D eigenvalue weighted by molar-refractivity contribution is -0.401. The predicted molar refractivity (Wildman–Crippen MR) is 94.4 cm³/mol. The maximum absolute atomic E-state index is 12.6. The second kappa shape index (κ2) is 8.81. The summed E-state index contributed by atoms with van der Waals surface area (Å²) in [6.45, 7) is 1.98. The first-order chi connectivity index (χ1) is 12.4. The molecule has 1 fully saturated rings. The summed E-state index contributed by atoms with van der Waals surface area (Å²) in [5.74, 6) is -1.30. The van der Waals surface area contributed by atoms with Crippen LogP contribution in [0, 0.1) is 0 Å². The number of carbonyl (C=O) groups excluding carboxylic acids is 4. The third kappa shape index (κ3) is 4.41. The van der Waals surface area contributed by atoms with Crippen LogP contribution in [0.1, 0.15) is 23.7 Å². The summed E-state index contributed by atoms with van der Waals surface area (Å²) in [5, 5.41) is -0.568. The largest absolute Gasteiger partial charge is 0.465 e. The smallest absolute Gasteiger partial charge is 0.365 e. The van der Waals surface area contributed by atoms with E-state index in [1.54, 1.807) is 6.92 Å². The van der Waals surface area contributed by atoms with E-state index in [4.69, 9.17) is 4.74 Å². The molecule has 1 saturated heterocycles. The number of amides is 2. The van der Waals surface area contributed by atoms with Crippen molar-refractivity contribution < 1.29 is 34.4 Å². The third-order valence-electron chi connectivity index (χ3n) is 3.77. The number of esters is 2. The van der Waals surface area contributed by atoms with Crippen molar-refractivity contribution in [1.29, 1.82) is 0 Å². The molecule has 2 atom stereocenters. The SMILES string of the molecule is CCOC(=O)[C@H]([NH3+])CS[C@H]1CC(=O)N(c2ccc(C(=O)OC)cc2)C1=O. The van der Waals surface area contributed by atoms with Gasteiger partial charge in [-0.1, -0.05) is 0 Å². The summed E-state index contributed by atoms with van der Waals surface area (Å²) in [7, 11) is 1.28. The van der Waals surface area contributed by atoms with Crippen molar-refractivity contribution in [3.05, 3.63) is 29.8 Å². The third-order valence-corrected chi connectivity index (χ3v) is 5.14. The van der Waals surface area contributed by atoms with Gasteiger partial charge in [0.15, 0.2) is 6.04 Å². The Kier molecular flexibility index (Phi) is 6.76.